The highest BCUT2D eigenvalue weighted by atomic mass is 32.2. The Hall–Kier alpha value is -0.170. The van der Waals surface area contributed by atoms with Crippen LogP contribution >= 0.6 is 0 Å². The van der Waals surface area contributed by atoms with E-state index in [2.05, 4.69) is 0 Å². The number of sulfonamides is 1. The fourth-order valence-electron chi connectivity index (χ4n) is 1.21. The molecule has 5 nitrogen and oxygen atoms in total. The van der Waals surface area contributed by atoms with Gasteiger partial charge in [-0.2, -0.15) is 0 Å². The molecular weight excluding hydrogens is 194 g/mol. The second kappa shape index (κ2) is 4.36. The smallest absolute Gasteiger partial charge is 0.211 e. The maximum Gasteiger partial charge on any atom is 0.211 e. The first-order valence-corrected chi connectivity index (χ1v) is 6.02. The first-order chi connectivity index (χ1) is 6.04. The van der Waals surface area contributed by atoms with Crippen molar-refractivity contribution >= 4 is 10.0 Å². The zero-order chi connectivity index (χ0) is 9.90. The van der Waals surface area contributed by atoms with E-state index >= 15 is 0 Å². The molecular formula is C7H15NO4S. The Morgan fingerprint density at radius 1 is 1.54 bits per heavy atom. The van der Waals surface area contributed by atoms with Crippen LogP contribution in [0.4, 0.5) is 0 Å². The van der Waals surface area contributed by atoms with Crippen LogP contribution in [0.25, 0.3) is 0 Å². The van der Waals surface area contributed by atoms with Gasteiger partial charge in [0.1, 0.15) is 0 Å². The molecule has 0 bridgehead atoms. The first-order valence-electron chi connectivity index (χ1n) is 4.17. The molecule has 13 heavy (non-hydrogen) atoms. The fraction of sp³-hybridized carbons (Fsp3) is 1.00. The van der Waals surface area contributed by atoms with Crippen LogP contribution in [-0.4, -0.2) is 57.0 Å². The van der Waals surface area contributed by atoms with E-state index < -0.39 is 10.0 Å². The van der Waals surface area contributed by atoms with Crippen molar-refractivity contribution in [2.75, 3.05) is 39.2 Å². The number of hydrogen-bond acceptors (Lipinski definition) is 4. The Bertz CT molecular complexity index is 245. The lowest BCUT2D eigenvalue weighted by Gasteiger charge is -2.36. The van der Waals surface area contributed by atoms with Crippen molar-refractivity contribution in [2.24, 2.45) is 5.92 Å². The molecule has 0 saturated carbocycles. The Morgan fingerprint density at radius 2 is 2.15 bits per heavy atom. The van der Waals surface area contributed by atoms with Gasteiger partial charge in [0.05, 0.1) is 26.1 Å². The van der Waals surface area contributed by atoms with Gasteiger partial charge >= 0.3 is 0 Å². The summed E-state index contributed by atoms with van der Waals surface area (Å²) in [5.41, 5.74) is 0. The monoisotopic (exact) mass is 209 g/mol. The third kappa shape index (κ3) is 3.22. The van der Waals surface area contributed by atoms with E-state index in [1.807, 2.05) is 0 Å². The number of aliphatic hydroxyl groups excluding tert-OH is 1. The van der Waals surface area contributed by atoms with Crippen LogP contribution in [0, 0.1) is 5.92 Å². The summed E-state index contributed by atoms with van der Waals surface area (Å²) in [4.78, 5) is 0. The summed E-state index contributed by atoms with van der Waals surface area (Å²) in [5.74, 6) is 0.293. The van der Waals surface area contributed by atoms with E-state index in [-0.39, 0.29) is 6.61 Å². The van der Waals surface area contributed by atoms with E-state index in [4.69, 9.17) is 9.84 Å². The van der Waals surface area contributed by atoms with Crippen LogP contribution in [0.5, 0.6) is 0 Å². The van der Waals surface area contributed by atoms with Crippen molar-refractivity contribution in [1.82, 2.24) is 4.31 Å². The molecule has 0 aromatic carbocycles. The molecule has 0 atom stereocenters. The molecule has 78 valence electrons. The van der Waals surface area contributed by atoms with Crippen molar-refractivity contribution in [3.8, 4) is 0 Å². The SMILES string of the molecule is CS(=O)(=O)N1CC(COCCO)C1. The van der Waals surface area contributed by atoms with Crippen LogP contribution in [0.3, 0.4) is 0 Å². The highest BCUT2D eigenvalue weighted by Crippen LogP contribution is 2.18. The molecule has 0 amide bonds. The molecule has 0 aromatic rings. The largest absolute Gasteiger partial charge is 0.394 e. The van der Waals surface area contributed by atoms with Gasteiger partial charge in [0.25, 0.3) is 0 Å². The Morgan fingerprint density at radius 3 is 2.62 bits per heavy atom. The molecule has 1 aliphatic rings. The van der Waals surface area contributed by atoms with Gasteiger partial charge in [-0.3, -0.25) is 0 Å². The predicted octanol–water partition coefficient (Wildman–Crippen LogP) is -1.11. The van der Waals surface area contributed by atoms with Crippen molar-refractivity contribution in [2.45, 2.75) is 0 Å². The molecule has 0 spiro atoms. The van der Waals surface area contributed by atoms with Crippen LogP contribution in [0.15, 0.2) is 0 Å². The van der Waals surface area contributed by atoms with Gasteiger partial charge in [-0.05, 0) is 0 Å². The van der Waals surface area contributed by atoms with E-state index in [1.165, 1.54) is 10.6 Å². The average Bonchev–Trinajstić information content (AvgIpc) is 1.91. The van der Waals surface area contributed by atoms with Crippen LogP contribution < -0.4 is 0 Å². The van der Waals surface area contributed by atoms with Crippen LogP contribution in [0.2, 0.25) is 0 Å². The van der Waals surface area contributed by atoms with Crippen molar-refractivity contribution < 1.29 is 18.3 Å². The van der Waals surface area contributed by atoms with E-state index in [9.17, 15) is 8.42 Å². The fourth-order valence-corrected chi connectivity index (χ4v) is 2.18. The van der Waals surface area contributed by atoms with E-state index in [1.54, 1.807) is 0 Å². The molecule has 1 fully saturated rings. The summed E-state index contributed by atoms with van der Waals surface area (Å²) in [6.07, 6.45) is 1.21. The van der Waals surface area contributed by atoms with E-state index in [0.29, 0.717) is 32.2 Å². The zero-order valence-electron chi connectivity index (χ0n) is 7.64. The second-order valence-electron chi connectivity index (χ2n) is 3.24. The number of aliphatic hydroxyl groups is 1. The molecule has 1 aliphatic heterocycles. The zero-order valence-corrected chi connectivity index (χ0v) is 8.46. The number of ether oxygens (including phenoxy) is 1. The van der Waals surface area contributed by atoms with Gasteiger partial charge in [0.2, 0.25) is 10.0 Å². The molecule has 0 unspecified atom stereocenters. The van der Waals surface area contributed by atoms with Gasteiger partial charge < -0.3 is 9.84 Å². The Labute approximate surface area is 78.4 Å². The first kappa shape index (κ1) is 10.9. The highest BCUT2D eigenvalue weighted by Gasteiger charge is 2.32. The van der Waals surface area contributed by atoms with Crippen molar-refractivity contribution in [3.63, 3.8) is 0 Å². The molecule has 1 saturated heterocycles. The molecule has 0 aliphatic carbocycles. The summed E-state index contributed by atoms with van der Waals surface area (Å²) < 4.78 is 28.4. The normalized spacial score (nSPS) is 20.2. The number of nitrogens with zero attached hydrogens (tertiary/aromatic N) is 1. The molecule has 0 aromatic heterocycles. The predicted molar refractivity (Wildman–Crippen MR) is 47.8 cm³/mol. The molecule has 0 radical (unpaired) electrons. The molecule has 1 heterocycles. The van der Waals surface area contributed by atoms with Gasteiger partial charge in [0, 0.05) is 19.0 Å². The summed E-state index contributed by atoms with van der Waals surface area (Å²) in [6, 6.07) is 0. The summed E-state index contributed by atoms with van der Waals surface area (Å²) in [6.45, 7) is 1.97. The maximum atomic E-state index is 10.9. The third-order valence-electron chi connectivity index (χ3n) is 1.98. The van der Waals surface area contributed by atoms with Crippen molar-refractivity contribution in [1.29, 1.82) is 0 Å². The topological polar surface area (TPSA) is 66.8 Å². The summed E-state index contributed by atoms with van der Waals surface area (Å²) in [5, 5.41) is 8.42. The lowest BCUT2D eigenvalue weighted by molar-refractivity contribution is 0.0327. The summed E-state index contributed by atoms with van der Waals surface area (Å²) in [7, 11) is -3.00. The van der Waals surface area contributed by atoms with Gasteiger partial charge in [-0.25, -0.2) is 12.7 Å². The third-order valence-corrected chi connectivity index (χ3v) is 3.22. The quantitative estimate of drug-likeness (QED) is 0.583. The summed E-state index contributed by atoms with van der Waals surface area (Å²) >= 11 is 0. The number of hydrogen-bond donors (Lipinski definition) is 1. The van der Waals surface area contributed by atoms with E-state index in [0.717, 1.165) is 0 Å². The standard InChI is InChI=1S/C7H15NO4S/c1-13(10,11)8-4-7(5-8)6-12-3-2-9/h7,9H,2-6H2,1H3. The minimum absolute atomic E-state index is 0.0164. The molecule has 1 rings (SSSR count). The lowest BCUT2D eigenvalue weighted by Crippen LogP contribution is -2.51. The lowest BCUT2D eigenvalue weighted by atomic mass is 10.1. The highest BCUT2D eigenvalue weighted by molar-refractivity contribution is 7.88. The number of rotatable bonds is 5. The van der Waals surface area contributed by atoms with Gasteiger partial charge in [-0.15, -0.1) is 0 Å². The van der Waals surface area contributed by atoms with Crippen molar-refractivity contribution in [3.05, 3.63) is 0 Å². The minimum atomic E-state index is -3.00. The van der Waals surface area contributed by atoms with Crippen LogP contribution in [-0.2, 0) is 14.8 Å². The van der Waals surface area contributed by atoms with Gasteiger partial charge in [-0.1, -0.05) is 0 Å². The maximum absolute atomic E-state index is 10.9. The molecule has 6 heteroatoms. The van der Waals surface area contributed by atoms with Gasteiger partial charge in [0.15, 0.2) is 0 Å². The molecule has 1 N–H and O–H groups in total. The minimum Gasteiger partial charge on any atom is -0.394 e. The van der Waals surface area contributed by atoms with Crippen LogP contribution in [0.1, 0.15) is 0 Å². The Kier molecular flexibility index (Phi) is 3.66. The Balaban J connectivity index is 2.12. The average molecular weight is 209 g/mol. The second-order valence-corrected chi connectivity index (χ2v) is 5.23.